The topological polar surface area (TPSA) is 89.7 Å². The van der Waals surface area contributed by atoms with Crippen molar-refractivity contribution < 1.29 is 19.6 Å². The molecule has 0 aromatic heterocycles. The largest absolute Gasteiger partial charge is 0.501 e. The molecule has 0 aliphatic rings. The number of esters is 1. The molecule has 0 amide bonds. The highest BCUT2D eigenvalue weighted by Gasteiger charge is 2.21. The zero-order valence-corrected chi connectivity index (χ0v) is 7.18. The van der Waals surface area contributed by atoms with Crippen LogP contribution in [-0.4, -0.2) is 23.1 Å². The van der Waals surface area contributed by atoms with E-state index in [1.54, 1.807) is 0 Å². The number of aromatic hydroxyl groups is 1. The van der Waals surface area contributed by atoms with Gasteiger partial charge in [0.05, 0.1) is 12.0 Å². The number of phenolic OH excluding ortho intramolecular Hbond substituents is 1. The van der Waals surface area contributed by atoms with Gasteiger partial charge >= 0.3 is 11.7 Å². The summed E-state index contributed by atoms with van der Waals surface area (Å²) in [5, 5.41) is 19.7. The molecular weight excluding hydrogens is 190 g/mol. The molecule has 0 saturated heterocycles. The molecule has 1 radical (unpaired) electrons. The minimum absolute atomic E-state index is 0.276. The number of nitro benzene ring substituents is 1. The number of ether oxygens (including phenoxy) is 1. The predicted molar refractivity (Wildman–Crippen MR) is 44.9 cm³/mol. The fourth-order valence-corrected chi connectivity index (χ4v) is 0.883. The number of hydrogen-bond donors (Lipinski definition) is 1. The van der Waals surface area contributed by atoms with Crippen molar-refractivity contribution in [1.82, 2.24) is 0 Å². The average molecular weight is 196 g/mol. The van der Waals surface area contributed by atoms with Crippen molar-refractivity contribution in [2.75, 3.05) is 7.11 Å². The van der Waals surface area contributed by atoms with Crippen LogP contribution in [0, 0.1) is 16.2 Å². The number of methoxy groups -OCH3 is 1. The maximum absolute atomic E-state index is 11.0. The number of rotatable bonds is 2. The first-order valence-electron chi connectivity index (χ1n) is 3.53. The lowest BCUT2D eigenvalue weighted by molar-refractivity contribution is -0.385. The third-order valence-corrected chi connectivity index (χ3v) is 1.55. The summed E-state index contributed by atoms with van der Waals surface area (Å²) in [4.78, 5) is 20.5. The van der Waals surface area contributed by atoms with Gasteiger partial charge in [-0.25, -0.2) is 4.79 Å². The molecule has 0 unspecified atom stereocenters. The van der Waals surface area contributed by atoms with Crippen LogP contribution in [0.15, 0.2) is 12.1 Å². The van der Waals surface area contributed by atoms with Crippen LogP contribution in [0.5, 0.6) is 5.75 Å². The molecular formula is C8H6NO5. The van der Waals surface area contributed by atoms with Gasteiger partial charge in [-0.15, -0.1) is 0 Å². The second-order valence-electron chi connectivity index (χ2n) is 2.35. The van der Waals surface area contributed by atoms with Crippen molar-refractivity contribution in [2.45, 2.75) is 0 Å². The molecule has 1 N–H and O–H groups in total. The van der Waals surface area contributed by atoms with E-state index >= 15 is 0 Å². The van der Waals surface area contributed by atoms with Crippen LogP contribution in [0.1, 0.15) is 10.4 Å². The van der Waals surface area contributed by atoms with Crippen LogP contribution >= 0.6 is 0 Å². The first-order valence-corrected chi connectivity index (χ1v) is 3.53. The predicted octanol–water partition coefficient (Wildman–Crippen LogP) is 0.887. The summed E-state index contributed by atoms with van der Waals surface area (Å²) in [5.41, 5.74) is -0.852. The molecule has 6 heteroatoms. The van der Waals surface area contributed by atoms with E-state index in [-0.39, 0.29) is 5.56 Å². The van der Waals surface area contributed by atoms with E-state index in [0.717, 1.165) is 19.2 Å². The van der Waals surface area contributed by atoms with Gasteiger partial charge < -0.3 is 9.84 Å². The highest BCUT2D eigenvalue weighted by Crippen LogP contribution is 2.29. The maximum atomic E-state index is 11.0. The molecule has 0 heterocycles. The zero-order chi connectivity index (χ0) is 10.7. The molecule has 0 aliphatic carbocycles. The molecule has 1 aromatic rings. The Labute approximate surface area is 78.9 Å². The number of nitro groups is 1. The first kappa shape index (κ1) is 9.97. The van der Waals surface area contributed by atoms with Crippen molar-refractivity contribution in [3.8, 4) is 5.75 Å². The molecule has 0 aliphatic heterocycles. The van der Waals surface area contributed by atoms with Gasteiger partial charge in [0.25, 0.3) is 0 Å². The van der Waals surface area contributed by atoms with Gasteiger partial charge in [-0.2, -0.15) is 0 Å². The second-order valence-corrected chi connectivity index (χ2v) is 2.35. The number of carbonyl (C=O) groups excluding carboxylic acids is 1. The summed E-state index contributed by atoms with van der Waals surface area (Å²) >= 11 is 0. The number of phenols is 1. The summed E-state index contributed by atoms with van der Waals surface area (Å²) in [6.45, 7) is 0. The Kier molecular flexibility index (Phi) is 2.66. The second kappa shape index (κ2) is 3.73. The SMILES string of the molecule is COC(=O)c1c[c]cc([N+](=O)[O-])c1O. The number of benzene rings is 1. The van der Waals surface area contributed by atoms with Crippen molar-refractivity contribution in [3.05, 3.63) is 33.9 Å². The van der Waals surface area contributed by atoms with Crippen molar-refractivity contribution in [2.24, 2.45) is 0 Å². The minimum Gasteiger partial charge on any atom is -0.501 e. The lowest BCUT2D eigenvalue weighted by Crippen LogP contribution is -2.02. The molecule has 0 spiro atoms. The summed E-state index contributed by atoms with van der Waals surface area (Å²) in [5.74, 6) is -1.55. The lowest BCUT2D eigenvalue weighted by Gasteiger charge is -2.01. The van der Waals surface area contributed by atoms with E-state index in [9.17, 15) is 20.0 Å². The Bertz CT molecular complexity index is 387. The quantitative estimate of drug-likeness (QED) is 0.431. The molecule has 0 saturated carbocycles. The Morgan fingerprint density at radius 1 is 1.64 bits per heavy atom. The Morgan fingerprint density at radius 3 is 2.79 bits per heavy atom. The summed E-state index contributed by atoms with van der Waals surface area (Å²) in [7, 11) is 1.11. The average Bonchev–Trinajstić information content (AvgIpc) is 2.16. The standard InChI is InChI=1S/C8H6NO5/c1-14-8(11)5-3-2-4-6(7(5)10)9(12)13/h3-4,10H,1H3. The normalized spacial score (nSPS) is 9.50. The van der Waals surface area contributed by atoms with E-state index < -0.39 is 22.3 Å². The number of carbonyl (C=O) groups is 1. The minimum atomic E-state index is -0.845. The lowest BCUT2D eigenvalue weighted by atomic mass is 10.2. The Morgan fingerprint density at radius 2 is 2.29 bits per heavy atom. The smallest absolute Gasteiger partial charge is 0.341 e. The third kappa shape index (κ3) is 1.63. The highest BCUT2D eigenvalue weighted by atomic mass is 16.6. The van der Waals surface area contributed by atoms with Gasteiger partial charge in [-0.3, -0.25) is 10.1 Å². The zero-order valence-electron chi connectivity index (χ0n) is 7.18. The van der Waals surface area contributed by atoms with E-state index in [1.807, 2.05) is 0 Å². The molecule has 0 fully saturated rings. The number of hydrogen-bond acceptors (Lipinski definition) is 5. The first-order chi connectivity index (χ1) is 6.57. The van der Waals surface area contributed by atoms with E-state index in [1.165, 1.54) is 0 Å². The molecule has 1 rings (SSSR count). The Balaban J connectivity index is 3.27. The summed E-state index contributed by atoms with van der Waals surface area (Å²) < 4.78 is 4.31. The van der Waals surface area contributed by atoms with Gasteiger partial charge in [0.15, 0.2) is 0 Å². The number of nitrogens with zero attached hydrogens (tertiary/aromatic N) is 1. The van der Waals surface area contributed by atoms with Gasteiger partial charge in [0, 0.05) is 6.07 Å². The molecule has 73 valence electrons. The van der Waals surface area contributed by atoms with Gasteiger partial charge in [0.1, 0.15) is 5.56 Å². The van der Waals surface area contributed by atoms with Crippen molar-refractivity contribution in [1.29, 1.82) is 0 Å². The van der Waals surface area contributed by atoms with Crippen LogP contribution in [-0.2, 0) is 4.74 Å². The monoisotopic (exact) mass is 196 g/mol. The summed E-state index contributed by atoms with van der Waals surface area (Å²) in [6.07, 6.45) is 0. The highest BCUT2D eigenvalue weighted by molar-refractivity contribution is 5.93. The van der Waals surface area contributed by atoms with E-state index in [0.29, 0.717) is 0 Å². The fraction of sp³-hybridized carbons (Fsp3) is 0.125. The summed E-state index contributed by atoms with van der Waals surface area (Å²) in [6, 6.07) is 4.46. The molecule has 6 nitrogen and oxygen atoms in total. The van der Waals surface area contributed by atoms with Crippen LogP contribution < -0.4 is 0 Å². The van der Waals surface area contributed by atoms with Crippen LogP contribution in [0.4, 0.5) is 5.69 Å². The van der Waals surface area contributed by atoms with Crippen LogP contribution in [0.25, 0.3) is 0 Å². The maximum Gasteiger partial charge on any atom is 0.341 e. The van der Waals surface area contributed by atoms with Crippen LogP contribution in [0.2, 0.25) is 0 Å². The molecule has 14 heavy (non-hydrogen) atoms. The Hall–Kier alpha value is -2.11. The van der Waals surface area contributed by atoms with E-state index in [4.69, 9.17) is 0 Å². The van der Waals surface area contributed by atoms with Gasteiger partial charge in [-0.05, 0) is 12.1 Å². The van der Waals surface area contributed by atoms with E-state index in [2.05, 4.69) is 10.8 Å². The third-order valence-electron chi connectivity index (χ3n) is 1.55. The van der Waals surface area contributed by atoms with Gasteiger partial charge in [0.2, 0.25) is 5.75 Å². The molecule has 1 aromatic carbocycles. The molecule has 0 atom stereocenters. The van der Waals surface area contributed by atoms with Crippen molar-refractivity contribution >= 4 is 11.7 Å². The van der Waals surface area contributed by atoms with Gasteiger partial charge in [-0.1, -0.05) is 0 Å². The molecule has 0 bridgehead atoms. The fourth-order valence-electron chi connectivity index (χ4n) is 0.883. The van der Waals surface area contributed by atoms with Crippen LogP contribution in [0.3, 0.4) is 0 Å². The van der Waals surface area contributed by atoms with Crippen molar-refractivity contribution in [3.63, 3.8) is 0 Å².